The second-order valence-electron chi connectivity index (χ2n) is 8.21. The van der Waals surface area contributed by atoms with Gasteiger partial charge in [-0.3, -0.25) is 9.36 Å². The third-order valence-electron chi connectivity index (χ3n) is 6.09. The van der Waals surface area contributed by atoms with E-state index < -0.39 is 0 Å². The van der Waals surface area contributed by atoms with Crippen molar-refractivity contribution in [3.8, 4) is 22.5 Å². The number of thiophene rings is 1. The van der Waals surface area contributed by atoms with E-state index >= 15 is 0 Å². The number of aryl methyl sites for hydroxylation is 1. The number of rotatable bonds is 3. The van der Waals surface area contributed by atoms with Crippen molar-refractivity contribution >= 4 is 21.6 Å². The molecule has 0 aliphatic carbocycles. The number of hydrogen-bond donors (Lipinski definition) is 0. The molecule has 4 aromatic rings. The highest BCUT2D eigenvalue weighted by molar-refractivity contribution is 7.17. The third-order valence-corrected chi connectivity index (χ3v) is 6.96. The van der Waals surface area contributed by atoms with Crippen LogP contribution in [0.3, 0.4) is 0 Å². The van der Waals surface area contributed by atoms with Crippen molar-refractivity contribution < 1.29 is 0 Å². The Balaban J connectivity index is 1.75. The molecular formula is C25H25N3OS. The Labute approximate surface area is 180 Å². The quantitative estimate of drug-likeness (QED) is 0.452. The first kappa shape index (κ1) is 19.2. The molecule has 0 amide bonds. The molecule has 30 heavy (non-hydrogen) atoms. The maximum Gasteiger partial charge on any atom is 0.263 e. The lowest BCUT2D eigenvalue weighted by Gasteiger charge is -2.31. The van der Waals surface area contributed by atoms with Gasteiger partial charge in [0.15, 0.2) is 0 Å². The van der Waals surface area contributed by atoms with E-state index in [1.807, 2.05) is 34.9 Å². The van der Waals surface area contributed by atoms with Gasteiger partial charge in [0.25, 0.3) is 5.56 Å². The van der Waals surface area contributed by atoms with Crippen LogP contribution < -0.4 is 5.56 Å². The van der Waals surface area contributed by atoms with Crippen LogP contribution in [0.1, 0.15) is 24.4 Å². The van der Waals surface area contributed by atoms with Gasteiger partial charge in [0.2, 0.25) is 0 Å². The minimum Gasteiger partial charge on any atom is -0.306 e. The van der Waals surface area contributed by atoms with Crippen LogP contribution in [-0.4, -0.2) is 34.6 Å². The summed E-state index contributed by atoms with van der Waals surface area (Å²) in [5, 5.41) is 2.83. The van der Waals surface area contributed by atoms with Gasteiger partial charge in [-0.05, 0) is 45.5 Å². The summed E-state index contributed by atoms with van der Waals surface area (Å²) >= 11 is 1.56. The third kappa shape index (κ3) is 3.38. The van der Waals surface area contributed by atoms with Gasteiger partial charge in [-0.2, -0.15) is 0 Å². The second-order valence-corrected chi connectivity index (χ2v) is 9.06. The fraction of sp³-hybridized carbons (Fsp3) is 0.280. The summed E-state index contributed by atoms with van der Waals surface area (Å²) < 4.78 is 1.98. The van der Waals surface area contributed by atoms with Crippen LogP contribution in [0.2, 0.25) is 0 Å². The van der Waals surface area contributed by atoms with Gasteiger partial charge in [0.05, 0.1) is 5.39 Å². The Bertz CT molecular complexity index is 1230. The molecule has 1 aliphatic rings. The van der Waals surface area contributed by atoms with Crippen LogP contribution in [0.25, 0.3) is 32.7 Å². The molecule has 1 saturated heterocycles. The van der Waals surface area contributed by atoms with Crippen molar-refractivity contribution in [3.05, 3.63) is 75.9 Å². The molecule has 1 aliphatic heterocycles. The zero-order valence-electron chi connectivity index (χ0n) is 17.3. The van der Waals surface area contributed by atoms with Crippen LogP contribution in [0.4, 0.5) is 0 Å². The molecule has 5 heteroatoms. The molecule has 0 unspecified atom stereocenters. The fourth-order valence-corrected chi connectivity index (χ4v) is 5.27. The van der Waals surface area contributed by atoms with E-state index in [2.05, 4.69) is 48.5 Å². The van der Waals surface area contributed by atoms with Gasteiger partial charge in [-0.1, -0.05) is 60.2 Å². The van der Waals surface area contributed by atoms with Gasteiger partial charge >= 0.3 is 0 Å². The number of hydrogen-bond acceptors (Lipinski definition) is 4. The first-order chi connectivity index (χ1) is 14.6. The van der Waals surface area contributed by atoms with E-state index in [0.717, 1.165) is 58.7 Å². The smallest absolute Gasteiger partial charge is 0.263 e. The summed E-state index contributed by atoms with van der Waals surface area (Å²) in [5.41, 5.74) is 4.37. The van der Waals surface area contributed by atoms with Crippen molar-refractivity contribution in [3.63, 3.8) is 0 Å². The first-order valence-electron chi connectivity index (χ1n) is 10.5. The summed E-state index contributed by atoms with van der Waals surface area (Å²) in [7, 11) is 2.15. The number of piperidine rings is 1. The topological polar surface area (TPSA) is 38.1 Å². The molecule has 152 valence electrons. The van der Waals surface area contributed by atoms with Crippen LogP contribution in [0, 0.1) is 6.92 Å². The molecule has 0 spiro atoms. The number of aromatic nitrogens is 2. The zero-order valence-corrected chi connectivity index (χ0v) is 18.2. The molecule has 0 saturated carbocycles. The number of nitrogens with zero attached hydrogens (tertiary/aromatic N) is 3. The van der Waals surface area contributed by atoms with Crippen molar-refractivity contribution in [1.29, 1.82) is 0 Å². The largest absolute Gasteiger partial charge is 0.306 e. The Morgan fingerprint density at radius 2 is 1.67 bits per heavy atom. The monoisotopic (exact) mass is 415 g/mol. The lowest BCUT2D eigenvalue weighted by Crippen LogP contribution is -2.36. The molecule has 2 aromatic heterocycles. The molecule has 5 rings (SSSR count). The van der Waals surface area contributed by atoms with Gasteiger partial charge in [0.1, 0.15) is 10.7 Å². The number of fused-ring (bicyclic) bond motifs is 1. The second kappa shape index (κ2) is 7.82. The molecule has 0 bridgehead atoms. The lowest BCUT2D eigenvalue weighted by molar-refractivity contribution is 0.219. The predicted octanol–water partition coefficient (Wildman–Crippen LogP) is 5.37. The van der Waals surface area contributed by atoms with Crippen LogP contribution in [0.15, 0.2) is 64.8 Å². The van der Waals surface area contributed by atoms with Crippen LogP contribution in [-0.2, 0) is 0 Å². The fourth-order valence-electron chi connectivity index (χ4n) is 4.33. The highest BCUT2D eigenvalue weighted by atomic mass is 32.1. The SMILES string of the molecule is Cc1ccc(-c2csc3nc(-c4ccccc4)n(C4CCN(C)CC4)c(=O)c23)cc1. The molecule has 0 atom stereocenters. The number of benzene rings is 2. The van der Waals surface area contributed by atoms with E-state index in [9.17, 15) is 4.79 Å². The van der Waals surface area contributed by atoms with Gasteiger partial charge < -0.3 is 4.90 Å². The first-order valence-corrected chi connectivity index (χ1v) is 11.3. The Hall–Kier alpha value is -2.76. The van der Waals surface area contributed by atoms with E-state index in [0.29, 0.717) is 0 Å². The average molecular weight is 416 g/mol. The highest BCUT2D eigenvalue weighted by Crippen LogP contribution is 2.34. The standard InChI is InChI=1S/C25H25N3OS/c1-17-8-10-18(11-9-17)21-16-30-24-22(21)25(29)28(20-12-14-27(2)15-13-20)23(26-24)19-6-4-3-5-7-19/h3-11,16,20H,12-15H2,1-2H3. The minimum absolute atomic E-state index is 0.0882. The normalized spacial score (nSPS) is 15.7. The lowest BCUT2D eigenvalue weighted by atomic mass is 10.0. The average Bonchev–Trinajstić information content (AvgIpc) is 3.20. The molecule has 2 aromatic carbocycles. The molecule has 0 radical (unpaired) electrons. The predicted molar refractivity (Wildman–Crippen MR) is 125 cm³/mol. The van der Waals surface area contributed by atoms with E-state index in [1.54, 1.807) is 11.3 Å². The summed E-state index contributed by atoms with van der Waals surface area (Å²) in [6.45, 7) is 4.08. The van der Waals surface area contributed by atoms with Crippen LogP contribution >= 0.6 is 11.3 Å². The summed E-state index contributed by atoms with van der Waals surface area (Å²) in [6.07, 6.45) is 1.93. The molecule has 4 nitrogen and oxygen atoms in total. The van der Waals surface area contributed by atoms with Crippen LogP contribution in [0.5, 0.6) is 0 Å². The van der Waals surface area contributed by atoms with E-state index in [4.69, 9.17) is 4.98 Å². The Morgan fingerprint density at radius 1 is 0.967 bits per heavy atom. The van der Waals surface area contributed by atoms with Gasteiger partial charge in [0, 0.05) is 22.5 Å². The van der Waals surface area contributed by atoms with Crippen molar-refractivity contribution in [1.82, 2.24) is 14.5 Å². The summed E-state index contributed by atoms with van der Waals surface area (Å²) in [5.74, 6) is 0.792. The molecular weight excluding hydrogens is 390 g/mol. The summed E-state index contributed by atoms with van der Waals surface area (Å²) in [4.78, 5) is 22.1. The van der Waals surface area contributed by atoms with Crippen molar-refractivity contribution in [2.75, 3.05) is 20.1 Å². The van der Waals surface area contributed by atoms with E-state index in [-0.39, 0.29) is 11.6 Å². The summed E-state index contributed by atoms with van der Waals surface area (Å²) in [6, 6.07) is 18.7. The molecule has 1 fully saturated rings. The highest BCUT2D eigenvalue weighted by Gasteiger charge is 2.25. The maximum absolute atomic E-state index is 13.9. The Morgan fingerprint density at radius 3 is 2.37 bits per heavy atom. The van der Waals surface area contributed by atoms with Crippen molar-refractivity contribution in [2.24, 2.45) is 0 Å². The zero-order chi connectivity index (χ0) is 20.7. The van der Waals surface area contributed by atoms with Gasteiger partial charge in [-0.15, -0.1) is 11.3 Å². The minimum atomic E-state index is 0.0882. The maximum atomic E-state index is 13.9. The molecule has 0 N–H and O–H groups in total. The number of likely N-dealkylation sites (tertiary alicyclic amines) is 1. The molecule has 3 heterocycles. The Kier molecular flexibility index (Phi) is 5.01. The van der Waals surface area contributed by atoms with Crippen molar-refractivity contribution in [2.45, 2.75) is 25.8 Å². The van der Waals surface area contributed by atoms with E-state index in [1.165, 1.54) is 5.56 Å². The van der Waals surface area contributed by atoms with Gasteiger partial charge in [-0.25, -0.2) is 4.98 Å².